The van der Waals surface area contributed by atoms with Gasteiger partial charge in [0, 0.05) is 18.9 Å². The van der Waals surface area contributed by atoms with Crippen molar-refractivity contribution in [3.8, 4) is 17.4 Å². The average Bonchev–Trinajstić information content (AvgIpc) is 3.10. The van der Waals surface area contributed by atoms with Gasteiger partial charge >= 0.3 is 5.69 Å². The summed E-state index contributed by atoms with van der Waals surface area (Å²) in [5.41, 5.74) is 1.79. The van der Waals surface area contributed by atoms with Gasteiger partial charge in [0.2, 0.25) is 11.6 Å². The first-order chi connectivity index (χ1) is 15.0. The number of amides is 1. The van der Waals surface area contributed by atoms with Crippen LogP contribution in [0, 0.1) is 6.92 Å². The maximum atomic E-state index is 12.6. The van der Waals surface area contributed by atoms with E-state index >= 15 is 0 Å². The van der Waals surface area contributed by atoms with Crippen LogP contribution in [-0.2, 0) is 17.9 Å². The molecule has 0 atom stereocenters. The maximum Gasteiger partial charge on any atom is 0.351 e. The van der Waals surface area contributed by atoms with E-state index in [2.05, 4.69) is 15.4 Å². The first kappa shape index (κ1) is 20.1. The zero-order valence-electron chi connectivity index (χ0n) is 17.1. The fourth-order valence-electron chi connectivity index (χ4n) is 2.95. The van der Waals surface area contributed by atoms with Crippen molar-refractivity contribution in [2.45, 2.75) is 20.0 Å². The van der Waals surface area contributed by atoms with Crippen molar-refractivity contribution >= 4 is 11.6 Å². The Balaban J connectivity index is 1.48. The van der Waals surface area contributed by atoms with Gasteiger partial charge in [-0.05, 0) is 36.8 Å². The van der Waals surface area contributed by atoms with E-state index in [0.29, 0.717) is 12.3 Å². The number of carbonyl (C=O) groups is 1. The molecule has 0 bridgehead atoms. The minimum atomic E-state index is -0.453. The second kappa shape index (κ2) is 8.70. The van der Waals surface area contributed by atoms with Crippen LogP contribution in [-0.4, -0.2) is 32.2 Å². The van der Waals surface area contributed by atoms with Crippen LogP contribution >= 0.6 is 0 Å². The van der Waals surface area contributed by atoms with Gasteiger partial charge in [-0.15, -0.1) is 5.10 Å². The first-order valence-corrected chi connectivity index (χ1v) is 9.62. The highest BCUT2D eigenvalue weighted by Crippen LogP contribution is 2.22. The summed E-state index contributed by atoms with van der Waals surface area (Å²) in [4.78, 5) is 29.2. The van der Waals surface area contributed by atoms with Crippen molar-refractivity contribution < 1.29 is 14.3 Å². The first-order valence-electron chi connectivity index (χ1n) is 9.62. The fourth-order valence-corrected chi connectivity index (χ4v) is 2.95. The highest BCUT2D eigenvalue weighted by atomic mass is 16.5. The van der Waals surface area contributed by atoms with Crippen LogP contribution in [0.1, 0.15) is 11.1 Å². The van der Waals surface area contributed by atoms with Gasteiger partial charge in [-0.1, -0.05) is 29.8 Å². The second-order valence-corrected chi connectivity index (χ2v) is 6.91. The van der Waals surface area contributed by atoms with E-state index in [4.69, 9.17) is 9.47 Å². The Morgan fingerprint density at radius 1 is 1.06 bits per heavy atom. The smallest absolute Gasteiger partial charge is 0.351 e. The summed E-state index contributed by atoms with van der Waals surface area (Å²) in [5, 5.41) is 7.03. The van der Waals surface area contributed by atoms with Gasteiger partial charge in [-0.25, -0.2) is 18.9 Å². The molecule has 0 unspecified atom stereocenters. The van der Waals surface area contributed by atoms with Crippen LogP contribution in [0.5, 0.6) is 17.4 Å². The predicted octanol–water partition coefficient (Wildman–Crippen LogP) is 2.32. The van der Waals surface area contributed by atoms with Crippen LogP contribution < -0.4 is 20.5 Å². The molecule has 31 heavy (non-hydrogen) atoms. The Bertz CT molecular complexity index is 1260. The van der Waals surface area contributed by atoms with Gasteiger partial charge in [-0.3, -0.25) is 4.79 Å². The topological polar surface area (TPSA) is 99.8 Å². The van der Waals surface area contributed by atoms with Crippen molar-refractivity contribution in [2.75, 3.05) is 7.11 Å². The zero-order chi connectivity index (χ0) is 21.8. The Morgan fingerprint density at radius 2 is 1.77 bits per heavy atom. The number of aryl methyl sites for hydroxylation is 1. The molecular weight excluding hydrogens is 398 g/mol. The van der Waals surface area contributed by atoms with Crippen molar-refractivity contribution in [3.05, 3.63) is 82.5 Å². The van der Waals surface area contributed by atoms with E-state index < -0.39 is 5.69 Å². The van der Waals surface area contributed by atoms with Crippen LogP contribution in [0.25, 0.3) is 5.65 Å². The molecule has 2 aromatic carbocycles. The normalized spacial score (nSPS) is 10.8. The van der Waals surface area contributed by atoms with Crippen molar-refractivity contribution in [3.63, 3.8) is 0 Å². The third kappa shape index (κ3) is 4.55. The molecule has 0 saturated carbocycles. The minimum Gasteiger partial charge on any atom is -0.497 e. The monoisotopic (exact) mass is 419 g/mol. The van der Waals surface area contributed by atoms with E-state index in [1.54, 1.807) is 7.11 Å². The summed E-state index contributed by atoms with van der Waals surface area (Å²) < 4.78 is 13.3. The Morgan fingerprint density at radius 3 is 2.48 bits per heavy atom. The number of ether oxygens (including phenoxy) is 2. The SMILES string of the molecule is COc1ccc(CNC(=O)Cn2nc3c(Oc4ccc(C)cc4)nccn3c2=O)cc1. The summed E-state index contributed by atoms with van der Waals surface area (Å²) in [6.07, 6.45) is 2.94. The van der Waals surface area contributed by atoms with Crippen LogP contribution in [0.2, 0.25) is 0 Å². The summed E-state index contributed by atoms with van der Waals surface area (Å²) in [6, 6.07) is 14.8. The number of benzene rings is 2. The number of fused-ring (bicyclic) bond motifs is 1. The molecule has 0 spiro atoms. The Kier molecular flexibility index (Phi) is 5.65. The number of carbonyl (C=O) groups excluding carboxylic acids is 1. The molecular formula is C22H21N5O4. The fraction of sp³-hybridized carbons (Fsp3) is 0.182. The summed E-state index contributed by atoms with van der Waals surface area (Å²) >= 11 is 0. The summed E-state index contributed by atoms with van der Waals surface area (Å²) in [6.45, 7) is 2.08. The molecule has 2 heterocycles. The summed E-state index contributed by atoms with van der Waals surface area (Å²) in [5.74, 6) is 1.16. The minimum absolute atomic E-state index is 0.181. The molecule has 1 amide bonds. The van der Waals surface area contributed by atoms with Crippen molar-refractivity contribution in [2.24, 2.45) is 0 Å². The third-order valence-corrected chi connectivity index (χ3v) is 4.65. The molecule has 0 fully saturated rings. The number of methoxy groups -OCH3 is 1. The molecule has 0 radical (unpaired) electrons. The predicted molar refractivity (Wildman–Crippen MR) is 113 cm³/mol. The molecule has 0 aliphatic rings. The van der Waals surface area contributed by atoms with Gasteiger partial charge in [0.15, 0.2) is 0 Å². The summed E-state index contributed by atoms with van der Waals surface area (Å²) in [7, 11) is 1.59. The van der Waals surface area contributed by atoms with E-state index in [0.717, 1.165) is 21.6 Å². The number of hydrogen-bond acceptors (Lipinski definition) is 6. The number of aromatic nitrogens is 4. The molecule has 4 rings (SSSR count). The number of rotatable bonds is 7. The molecule has 9 heteroatoms. The average molecular weight is 419 g/mol. The van der Waals surface area contributed by atoms with Crippen LogP contribution in [0.3, 0.4) is 0 Å². The lowest BCUT2D eigenvalue weighted by atomic mass is 10.2. The van der Waals surface area contributed by atoms with Gasteiger partial charge in [-0.2, -0.15) is 0 Å². The lowest BCUT2D eigenvalue weighted by molar-refractivity contribution is -0.122. The number of hydrogen-bond donors (Lipinski definition) is 1. The lowest BCUT2D eigenvalue weighted by Crippen LogP contribution is -2.32. The van der Waals surface area contributed by atoms with Crippen molar-refractivity contribution in [1.82, 2.24) is 24.5 Å². The highest BCUT2D eigenvalue weighted by molar-refractivity contribution is 5.75. The molecule has 2 aromatic heterocycles. The molecule has 9 nitrogen and oxygen atoms in total. The van der Waals surface area contributed by atoms with E-state index in [9.17, 15) is 9.59 Å². The molecule has 4 aromatic rings. The van der Waals surface area contributed by atoms with E-state index in [1.807, 2.05) is 55.5 Å². The van der Waals surface area contributed by atoms with Gasteiger partial charge in [0.1, 0.15) is 18.0 Å². The highest BCUT2D eigenvalue weighted by Gasteiger charge is 2.15. The van der Waals surface area contributed by atoms with E-state index in [-0.39, 0.29) is 24.0 Å². The molecule has 0 aliphatic heterocycles. The third-order valence-electron chi connectivity index (χ3n) is 4.65. The van der Waals surface area contributed by atoms with Gasteiger partial charge < -0.3 is 14.8 Å². The Hall–Kier alpha value is -4.14. The quantitative estimate of drug-likeness (QED) is 0.494. The molecule has 1 N–H and O–H groups in total. The molecule has 158 valence electrons. The number of nitrogens with one attached hydrogen (secondary N) is 1. The van der Waals surface area contributed by atoms with Gasteiger partial charge in [0.25, 0.3) is 5.88 Å². The van der Waals surface area contributed by atoms with Crippen LogP contribution in [0.15, 0.2) is 65.7 Å². The maximum absolute atomic E-state index is 12.6. The number of nitrogens with zero attached hydrogens (tertiary/aromatic N) is 4. The van der Waals surface area contributed by atoms with Crippen LogP contribution in [0.4, 0.5) is 0 Å². The standard InChI is InChI=1S/C22H21N5O4/c1-15-3-7-18(8-4-15)31-21-20-25-27(22(29)26(20)12-11-23-21)14-19(28)24-13-16-5-9-17(30-2)10-6-16/h3-12H,13-14H2,1-2H3,(H,24,28). The van der Waals surface area contributed by atoms with Gasteiger partial charge in [0.05, 0.1) is 7.11 Å². The lowest BCUT2D eigenvalue weighted by Gasteiger charge is -2.06. The Labute approximate surface area is 177 Å². The largest absolute Gasteiger partial charge is 0.497 e. The zero-order valence-corrected chi connectivity index (χ0v) is 17.1. The van der Waals surface area contributed by atoms with Crippen molar-refractivity contribution in [1.29, 1.82) is 0 Å². The molecule has 0 saturated heterocycles. The molecule has 0 aliphatic carbocycles. The van der Waals surface area contributed by atoms with E-state index in [1.165, 1.54) is 16.8 Å². The second-order valence-electron chi connectivity index (χ2n) is 6.91.